The second-order valence-electron chi connectivity index (χ2n) is 7.09. The third kappa shape index (κ3) is 5.00. The minimum Gasteiger partial charge on any atom is -0.492 e. The third-order valence-corrected chi connectivity index (χ3v) is 5.18. The molecule has 0 fully saturated rings. The summed E-state index contributed by atoms with van der Waals surface area (Å²) in [6, 6.07) is 26.3. The fraction of sp³-hybridized carbons (Fsp3) is 0.0769. The van der Waals surface area contributed by atoms with E-state index >= 15 is 0 Å². The van der Waals surface area contributed by atoms with E-state index in [4.69, 9.17) is 16.3 Å². The van der Waals surface area contributed by atoms with Crippen LogP contribution >= 0.6 is 11.6 Å². The molecule has 6 heteroatoms. The number of nitriles is 1. The Morgan fingerprint density at radius 1 is 1.03 bits per heavy atom. The van der Waals surface area contributed by atoms with Crippen LogP contribution in [-0.4, -0.2) is 17.1 Å². The quantitative estimate of drug-likeness (QED) is 0.286. The van der Waals surface area contributed by atoms with Gasteiger partial charge >= 0.3 is 0 Å². The maximum absolute atomic E-state index is 12.6. The van der Waals surface area contributed by atoms with Crippen molar-refractivity contribution in [2.24, 2.45) is 0 Å². The number of nitrogens with one attached hydrogen (secondary N) is 1. The summed E-state index contributed by atoms with van der Waals surface area (Å²) in [6.07, 6.45) is 3.55. The molecule has 1 heterocycles. The summed E-state index contributed by atoms with van der Waals surface area (Å²) in [5.74, 6) is 0.341. The number of hydrogen-bond acceptors (Lipinski definition) is 3. The van der Waals surface area contributed by atoms with E-state index in [-0.39, 0.29) is 5.57 Å². The first-order valence-corrected chi connectivity index (χ1v) is 10.5. The van der Waals surface area contributed by atoms with Gasteiger partial charge in [-0.15, -0.1) is 0 Å². The Balaban J connectivity index is 1.56. The van der Waals surface area contributed by atoms with E-state index in [1.54, 1.807) is 30.3 Å². The van der Waals surface area contributed by atoms with Crippen LogP contribution in [0, 0.1) is 11.3 Å². The lowest BCUT2D eigenvalue weighted by Gasteiger charge is -2.08. The number of para-hydroxylation sites is 2. The van der Waals surface area contributed by atoms with E-state index in [0.717, 1.165) is 22.2 Å². The highest BCUT2D eigenvalue weighted by Crippen LogP contribution is 2.24. The van der Waals surface area contributed by atoms with Gasteiger partial charge in [-0.1, -0.05) is 48.0 Å². The number of carbonyl (C=O) groups is 1. The SMILES string of the molecule is N#C/C(=C/c1cn(CCOc2ccccc2)c2ccccc12)C(=O)Nc1ccc(Cl)cc1. The van der Waals surface area contributed by atoms with Gasteiger partial charge in [0.15, 0.2) is 0 Å². The Hall–Kier alpha value is -4.01. The Kier molecular flexibility index (Phi) is 6.54. The highest BCUT2D eigenvalue weighted by molar-refractivity contribution is 6.30. The van der Waals surface area contributed by atoms with E-state index in [9.17, 15) is 10.1 Å². The van der Waals surface area contributed by atoms with Crippen LogP contribution in [0.3, 0.4) is 0 Å². The van der Waals surface area contributed by atoms with Crippen molar-refractivity contribution in [1.82, 2.24) is 4.57 Å². The van der Waals surface area contributed by atoms with Crippen molar-refractivity contribution in [3.8, 4) is 11.8 Å². The number of anilines is 1. The molecule has 0 aliphatic heterocycles. The Labute approximate surface area is 191 Å². The number of ether oxygens (including phenoxy) is 1. The van der Waals surface area contributed by atoms with Gasteiger partial charge in [-0.05, 0) is 48.5 Å². The molecule has 158 valence electrons. The van der Waals surface area contributed by atoms with Crippen LogP contribution in [-0.2, 0) is 11.3 Å². The molecule has 0 atom stereocenters. The number of amides is 1. The summed E-state index contributed by atoms with van der Waals surface area (Å²) in [7, 11) is 0. The molecule has 1 amide bonds. The van der Waals surface area contributed by atoms with Gasteiger partial charge < -0.3 is 14.6 Å². The topological polar surface area (TPSA) is 67.0 Å². The molecule has 32 heavy (non-hydrogen) atoms. The van der Waals surface area contributed by atoms with Crippen LogP contribution in [0.2, 0.25) is 5.02 Å². The van der Waals surface area contributed by atoms with Crippen LogP contribution in [0.25, 0.3) is 17.0 Å². The molecule has 0 unspecified atom stereocenters. The smallest absolute Gasteiger partial charge is 0.266 e. The molecular formula is C26H20ClN3O2. The number of nitrogens with zero attached hydrogens (tertiary/aromatic N) is 2. The zero-order chi connectivity index (χ0) is 22.3. The first-order valence-electron chi connectivity index (χ1n) is 10.1. The summed E-state index contributed by atoms with van der Waals surface area (Å²) in [5, 5.41) is 13.9. The molecule has 1 aromatic heterocycles. The van der Waals surface area contributed by atoms with Gasteiger partial charge in [0.25, 0.3) is 5.91 Å². The number of aromatic nitrogens is 1. The van der Waals surface area contributed by atoms with Crippen LogP contribution in [0.5, 0.6) is 5.75 Å². The Bertz CT molecular complexity index is 1300. The van der Waals surface area contributed by atoms with Crippen molar-refractivity contribution in [3.05, 3.63) is 101 Å². The molecule has 0 saturated carbocycles. The molecule has 1 N–H and O–H groups in total. The predicted octanol–water partition coefficient (Wildman–Crippen LogP) is 5.92. The van der Waals surface area contributed by atoms with E-state index < -0.39 is 5.91 Å². The molecule has 5 nitrogen and oxygen atoms in total. The maximum Gasteiger partial charge on any atom is 0.266 e. The second kappa shape index (κ2) is 9.86. The van der Waals surface area contributed by atoms with E-state index in [0.29, 0.717) is 23.9 Å². The van der Waals surface area contributed by atoms with Gasteiger partial charge in [-0.3, -0.25) is 4.79 Å². The lowest BCUT2D eigenvalue weighted by atomic mass is 10.1. The zero-order valence-corrected chi connectivity index (χ0v) is 17.9. The summed E-state index contributed by atoms with van der Waals surface area (Å²) < 4.78 is 7.89. The maximum atomic E-state index is 12.6. The van der Waals surface area contributed by atoms with Crippen LogP contribution in [0.1, 0.15) is 5.56 Å². The summed E-state index contributed by atoms with van der Waals surface area (Å²) in [5.41, 5.74) is 2.39. The van der Waals surface area contributed by atoms with Crippen molar-refractivity contribution in [2.75, 3.05) is 11.9 Å². The van der Waals surface area contributed by atoms with Crippen molar-refractivity contribution in [3.63, 3.8) is 0 Å². The average Bonchev–Trinajstić information content (AvgIpc) is 3.17. The third-order valence-electron chi connectivity index (χ3n) is 4.93. The Morgan fingerprint density at radius 2 is 1.75 bits per heavy atom. The highest BCUT2D eigenvalue weighted by atomic mass is 35.5. The monoisotopic (exact) mass is 441 g/mol. The van der Waals surface area contributed by atoms with E-state index in [1.165, 1.54) is 0 Å². The lowest BCUT2D eigenvalue weighted by molar-refractivity contribution is -0.112. The number of benzene rings is 3. The fourth-order valence-corrected chi connectivity index (χ4v) is 3.52. The standard InChI is InChI=1S/C26H20ClN3O2/c27-21-10-12-22(13-11-21)29-26(31)19(17-28)16-20-18-30(25-9-5-4-8-24(20)25)14-15-32-23-6-2-1-3-7-23/h1-13,16,18H,14-15H2,(H,29,31)/b19-16-. The molecule has 4 aromatic rings. The molecular weight excluding hydrogens is 422 g/mol. The molecule has 3 aromatic carbocycles. The van der Waals surface area contributed by atoms with Crippen LogP contribution in [0.4, 0.5) is 5.69 Å². The number of rotatable bonds is 7. The van der Waals surface area contributed by atoms with E-state index in [1.807, 2.05) is 66.9 Å². The van der Waals surface area contributed by atoms with Crippen molar-refractivity contribution in [1.29, 1.82) is 5.26 Å². The molecule has 4 rings (SSSR count). The van der Waals surface area contributed by atoms with Crippen LogP contribution in [0.15, 0.2) is 90.6 Å². The predicted molar refractivity (Wildman–Crippen MR) is 128 cm³/mol. The number of hydrogen-bond donors (Lipinski definition) is 1. The number of carbonyl (C=O) groups excluding carboxylic acids is 1. The van der Waals surface area contributed by atoms with Crippen molar-refractivity contribution in [2.45, 2.75) is 6.54 Å². The van der Waals surface area contributed by atoms with Crippen molar-refractivity contribution >= 4 is 40.2 Å². The lowest BCUT2D eigenvalue weighted by Crippen LogP contribution is -2.13. The molecule has 0 bridgehead atoms. The fourth-order valence-electron chi connectivity index (χ4n) is 3.39. The number of halogens is 1. The largest absolute Gasteiger partial charge is 0.492 e. The first kappa shape index (κ1) is 21.2. The minimum absolute atomic E-state index is 0.0170. The molecule has 0 radical (unpaired) electrons. The summed E-state index contributed by atoms with van der Waals surface area (Å²) in [6.45, 7) is 1.12. The average molecular weight is 442 g/mol. The molecule has 0 saturated heterocycles. The highest BCUT2D eigenvalue weighted by Gasteiger charge is 2.13. The first-order chi connectivity index (χ1) is 15.6. The van der Waals surface area contributed by atoms with Gasteiger partial charge in [-0.25, -0.2) is 0 Å². The van der Waals surface area contributed by atoms with Gasteiger partial charge in [0, 0.05) is 33.4 Å². The summed E-state index contributed by atoms with van der Waals surface area (Å²) in [4.78, 5) is 12.6. The van der Waals surface area contributed by atoms with Crippen LogP contribution < -0.4 is 10.1 Å². The van der Waals surface area contributed by atoms with Crippen molar-refractivity contribution < 1.29 is 9.53 Å². The number of fused-ring (bicyclic) bond motifs is 1. The normalized spacial score (nSPS) is 11.2. The molecule has 0 spiro atoms. The van der Waals surface area contributed by atoms with E-state index in [2.05, 4.69) is 9.88 Å². The summed E-state index contributed by atoms with van der Waals surface area (Å²) >= 11 is 5.89. The minimum atomic E-state index is -0.473. The van der Waals surface area contributed by atoms with Gasteiger partial charge in [0.1, 0.15) is 24.0 Å². The van der Waals surface area contributed by atoms with Gasteiger partial charge in [0.2, 0.25) is 0 Å². The van der Waals surface area contributed by atoms with Gasteiger partial charge in [-0.2, -0.15) is 5.26 Å². The van der Waals surface area contributed by atoms with Gasteiger partial charge in [0.05, 0.1) is 6.54 Å². The molecule has 0 aliphatic rings. The second-order valence-corrected chi connectivity index (χ2v) is 7.52. The Morgan fingerprint density at radius 3 is 2.50 bits per heavy atom. The molecule has 0 aliphatic carbocycles. The zero-order valence-electron chi connectivity index (χ0n) is 17.2.